The van der Waals surface area contributed by atoms with Crippen LogP contribution in [0.25, 0.3) is 11.0 Å². The molecule has 0 saturated heterocycles. The Morgan fingerprint density at radius 2 is 2.27 bits per heavy atom. The zero-order valence-corrected chi connectivity index (χ0v) is 13.0. The highest BCUT2D eigenvalue weighted by Crippen LogP contribution is 2.39. The van der Waals surface area contributed by atoms with Crippen molar-refractivity contribution in [2.75, 3.05) is 13.7 Å². The SMILES string of the molecule is COc1ccc2c(CC(=O)NC(C)(CN)C3CC3)coc2c1. The predicted molar refractivity (Wildman–Crippen MR) is 84.8 cm³/mol. The van der Waals surface area contributed by atoms with E-state index in [0.717, 1.165) is 35.1 Å². The van der Waals surface area contributed by atoms with Gasteiger partial charge in [-0.3, -0.25) is 4.79 Å². The van der Waals surface area contributed by atoms with E-state index in [1.807, 2.05) is 25.1 Å². The first-order valence-electron chi connectivity index (χ1n) is 7.61. The molecule has 1 fully saturated rings. The number of hydrogen-bond donors (Lipinski definition) is 2. The number of carbonyl (C=O) groups excluding carboxylic acids is 1. The number of hydrogen-bond acceptors (Lipinski definition) is 4. The Morgan fingerprint density at radius 3 is 2.91 bits per heavy atom. The number of fused-ring (bicyclic) bond motifs is 1. The molecule has 5 heteroatoms. The van der Waals surface area contributed by atoms with Gasteiger partial charge in [-0.2, -0.15) is 0 Å². The number of rotatable bonds is 6. The third-order valence-electron chi connectivity index (χ3n) is 4.54. The minimum absolute atomic E-state index is 0.0154. The maximum atomic E-state index is 12.4. The molecular weight excluding hydrogens is 280 g/mol. The van der Waals surface area contributed by atoms with Gasteiger partial charge < -0.3 is 20.2 Å². The summed E-state index contributed by atoms with van der Waals surface area (Å²) in [6.07, 6.45) is 4.22. The summed E-state index contributed by atoms with van der Waals surface area (Å²) < 4.78 is 10.7. The van der Waals surface area contributed by atoms with Crippen LogP contribution in [-0.2, 0) is 11.2 Å². The molecule has 1 atom stereocenters. The molecule has 1 aromatic heterocycles. The lowest BCUT2D eigenvalue weighted by Crippen LogP contribution is -2.53. The molecule has 22 heavy (non-hydrogen) atoms. The Hall–Kier alpha value is -2.01. The lowest BCUT2D eigenvalue weighted by atomic mass is 9.95. The summed E-state index contributed by atoms with van der Waals surface area (Å²) in [7, 11) is 1.62. The average Bonchev–Trinajstić information content (AvgIpc) is 3.31. The van der Waals surface area contributed by atoms with E-state index in [0.29, 0.717) is 18.9 Å². The Morgan fingerprint density at radius 1 is 1.50 bits per heavy atom. The van der Waals surface area contributed by atoms with Gasteiger partial charge in [0.05, 0.1) is 25.3 Å². The zero-order valence-electron chi connectivity index (χ0n) is 13.0. The highest BCUT2D eigenvalue weighted by molar-refractivity contribution is 5.88. The Balaban J connectivity index is 1.74. The van der Waals surface area contributed by atoms with E-state index in [1.165, 1.54) is 0 Å². The maximum Gasteiger partial charge on any atom is 0.225 e. The summed E-state index contributed by atoms with van der Waals surface area (Å²) >= 11 is 0. The van der Waals surface area contributed by atoms with Crippen molar-refractivity contribution in [3.63, 3.8) is 0 Å². The van der Waals surface area contributed by atoms with Crippen LogP contribution in [0.5, 0.6) is 5.75 Å². The van der Waals surface area contributed by atoms with E-state index in [4.69, 9.17) is 14.9 Å². The van der Waals surface area contributed by atoms with Crippen molar-refractivity contribution in [3.8, 4) is 5.75 Å². The topological polar surface area (TPSA) is 77.5 Å². The smallest absolute Gasteiger partial charge is 0.225 e. The van der Waals surface area contributed by atoms with Gasteiger partial charge in [0.1, 0.15) is 11.3 Å². The summed E-state index contributed by atoms with van der Waals surface area (Å²) in [5.74, 6) is 1.23. The Kier molecular flexibility index (Phi) is 3.83. The van der Waals surface area contributed by atoms with Crippen molar-refractivity contribution in [3.05, 3.63) is 30.0 Å². The third-order valence-corrected chi connectivity index (χ3v) is 4.54. The number of carbonyl (C=O) groups is 1. The molecule has 2 aromatic rings. The third kappa shape index (κ3) is 2.81. The van der Waals surface area contributed by atoms with E-state index < -0.39 is 0 Å². The lowest BCUT2D eigenvalue weighted by molar-refractivity contribution is -0.122. The van der Waals surface area contributed by atoms with Crippen LogP contribution in [0.4, 0.5) is 0 Å². The van der Waals surface area contributed by atoms with Crippen molar-refractivity contribution in [1.29, 1.82) is 0 Å². The molecule has 118 valence electrons. The number of benzene rings is 1. The van der Waals surface area contributed by atoms with Crippen molar-refractivity contribution >= 4 is 16.9 Å². The van der Waals surface area contributed by atoms with Crippen LogP contribution in [0.1, 0.15) is 25.3 Å². The standard InChI is InChI=1S/C17H22N2O3/c1-17(10-18,12-3-4-12)19-16(20)7-11-9-22-15-8-13(21-2)5-6-14(11)15/h5-6,8-9,12H,3-4,7,10,18H2,1-2H3,(H,19,20). The molecule has 1 unspecified atom stereocenters. The summed E-state index contributed by atoms with van der Waals surface area (Å²) in [4.78, 5) is 12.4. The second-order valence-corrected chi connectivity index (χ2v) is 6.24. The molecule has 1 heterocycles. The highest BCUT2D eigenvalue weighted by Gasteiger charge is 2.41. The highest BCUT2D eigenvalue weighted by atomic mass is 16.5. The van der Waals surface area contributed by atoms with E-state index >= 15 is 0 Å². The molecular formula is C17H22N2O3. The van der Waals surface area contributed by atoms with Gasteiger partial charge in [0.25, 0.3) is 0 Å². The van der Waals surface area contributed by atoms with E-state index in [-0.39, 0.29) is 11.4 Å². The van der Waals surface area contributed by atoms with Gasteiger partial charge in [-0.15, -0.1) is 0 Å². The second-order valence-electron chi connectivity index (χ2n) is 6.24. The predicted octanol–water partition coefficient (Wildman–Crippen LogP) is 2.23. The van der Waals surface area contributed by atoms with E-state index in [9.17, 15) is 4.79 Å². The van der Waals surface area contributed by atoms with Crippen LogP contribution in [0.3, 0.4) is 0 Å². The Bertz CT molecular complexity index is 690. The van der Waals surface area contributed by atoms with E-state index in [1.54, 1.807) is 13.4 Å². The van der Waals surface area contributed by atoms with Crippen LogP contribution in [0.2, 0.25) is 0 Å². The van der Waals surface area contributed by atoms with Gasteiger partial charge in [-0.25, -0.2) is 0 Å². The first-order valence-corrected chi connectivity index (χ1v) is 7.61. The largest absolute Gasteiger partial charge is 0.497 e. The maximum absolute atomic E-state index is 12.4. The van der Waals surface area contributed by atoms with Gasteiger partial charge in [0, 0.05) is 23.6 Å². The molecule has 0 aliphatic heterocycles. The van der Waals surface area contributed by atoms with Gasteiger partial charge in [0.2, 0.25) is 5.91 Å². The monoisotopic (exact) mass is 302 g/mol. The minimum atomic E-state index is -0.292. The molecule has 0 radical (unpaired) electrons. The summed E-state index contributed by atoms with van der Waals surface area (Å²) in [5, 5.41) is 4.04. The molecule has 1 aliphatic rings. The number of nitrogens with two attached hydrogens (primary N) is 1. The van der Waals surface area contributed by atoms with Crippen molar-refractivity contribution < 1.29 is 13.9 Å². The second kappa shape index (κ2) is 5.65. The molecule has 1 aliphatic carbocycles. The number of furan rings is 1. The number of amides is 1. The molecule has 3 rings (SSSR count). The van der Waals surface area contributed by atoms with Crippen LogP contribution < -0.4 is 15.8 Å². The number of methoxy groups -OCH3 is 1. The van der Waals surface area contributed by atoms with Gasteiger partial charge in [-0.05, 0) is 37.8 Å². The van der Waals surface area contributed by atoms with Crippen LogP contribution >= 0.6 is 0 Å². The molecule has 1 amide bonds. The summed E-state index contributed by atoms with van der Waals surface area (Å²) in [6.45, 7) is 2.49. The van der Waals surface area contributed by atoms with E-state index in [2.05, 4.69) is 5.32 Å². The quantitative estimate of drug-likeness (QED) is 0.858. The van der Waals surface area contributed by atoms with Gasteiger partial charge in [0.15, 0.2) is 0 Å². The van der Waals surface area contributed by atoms with Crippen molar-refractivity contribution in [2.45, 2.75) is 31.7 Å². The summed E-state index contributed by atoms with van der Waals surface area (Å²) in [5.41, 5.74) is 7.16. The lowest BCUT2D eigenvalue weighted by Gasteiger charge is -2.29. The van der Waals surface area contributed by atoms with Gasteiger partial charge >= 0.3 is 0 Å². The first-order chi connectivity index (χ1) is 10.6. The minimum Gasteiger partial charge on any atom is -0.497 e. The van der Waals surface area contributed by atoms with Gasteiger partial charge in [-0.1, -0.05) is 0 Å². The first kappa shape index (κ1) is 14.9. The fourth-order valence-corrected chi connectivity index (χ4v) is 2.90. The van der Waals surface area contributed by atoms with Crippen molar-refractivity contribution in [2.24, 2.45) is 11.7 Å². The molecule has 1 aromatic carbocycles. The van der Waals surface area contributed by atoms with Crippen LogP contribution in [0.15, 0.2) is 28.9 Å². The summed E-state index contributed by atoms with van der Waals surface area (Å²) in [6, 6.07) is 5.61. The molecule has 1 saturated carbocycles. The fourth-order valence-electron chi connectivity index (χ4n) is 2.90. The molecule has 5 nitrogen and oxygen atoms in total. The normalized spacial score (nSPS) is 17.2. The molecule has 0 bridgehead atoms. The average molecular weight is 302 g/mol. The van der Waals surface area contributed by atoms with Crippen LogP contribution in [0, 0.1) is 5.92 Å². The van der Waals surface area contributed by atoms with Crippen molar-refractivity contribution in [1.82, 2.24) is 5.32 Å². The number of ether oxygens (including phenoxy) is 1. The molecule has 3 N–H and O–H groups in total. The number of nitrogens with one attached hydrogen (secondary N) is 1. The zero-order chi connectivity index (χ0) is 15.7. The molecule has 0 spiro atoms. The fraction of sp³-hybridized carbons (Fsp3) is 0.471. The van der Waals surface area contributed by atoms with Crippen LogP contribution in [-0.4, -0.2) is 25.1 Å². The Labute approximate surface area is 129 Å².